The van der Waals surface area contributed by atoms with Crippen molar-refractivity contribution in [2.24, 2.45) is 0 Å². The van der Waals surface area contributed by atoms with E-state index in [0.29, 0.717) is 19.2 Å². The van der Waals surface area contributed by atoms with Crippen molar-refractivity contribution in [1.29, 1.82) is 0 Å². The van der Waals surface area contributed by atoms with Crippen LogP contribution in [0.2, 0.25) is 0 Å². The summed E-state index contributed by atoms with van der Waals surface area (Å²) < 4.78 is 13.5. The van der Waals surface area contributed by atoms with E-state index in [9.17, 15) is 19.3 Å². The normalized spacial score (nSPS) is 10.3. The third kappa shape index (κ3) is 3.18. The molecule has 0 bridgehead atoms. The Bertz CT molecular complexity index is 505. The van der Waals surface area contributed by atoms with E-state index in [0.717, 1.165) is 12.5 Å². The Labute approximate surface area is 109 Å². The Kier molecular flexibility index (Phi) is 4.80. The third-order valence-corrected chi connectivity index (χ3v) is 2.71. The number of halogens is 1. The predicted molar refractivity (Wildman–Crippen MR) is 68.2 cm³/mol. The second-order valence-electron chi connectivity index (χ2n) is 3.96. The van der Waals surface area contributed by atoms with Gasteiger partial charge in [0.2, 0.25) is 0 Å². The molecule has 0 atom stereocenters. The fourth-order valence-electron chi connectivity index (χ4n) is 1.83. The molecule has 0 amide bonds. The third-order valence-electron chi connectivity index (χ3n) is 2.71. The minimum absolute atomic E-state index is 0.133. The van der Waals surface area contributed by atoms with Gasteiger partial charge in [-0.1, -0.05) is 6.92 Å². The van der Waals surface area contributed by atoms with Gasteiger partial charge in [-0.15, -0.1) is 0 Å². The van der Waals surface area contributed by atoms with Gasteiger partial charge in [0, 0.05) is 13.1 Å². The van der Waals surface area contributed by atoms with Crippen molar-refractivity contribution in [1.82, 2.24) is 0 Å². The molecule has 0 aliphatic carbocycles. The number of benzene rings is 1. The number of nitro groups is 1. The van der Waals surface area contributed by atoms with Gasteiger partial charge in [0.15, 0.2) is 0 Å². The lowest BCUT2D eigenvalue weighted by Crippen LogP contribution is -2.25. The van der Waals surface area contributed by atoms with E-state index in [4.69, 9.17) is 5.11 Å². The highest BCUT2D eigenvalue weighted by Crippen LogP contribution is 2.31. The van der Waals surface area contributed by atoms with Crippen LogP contribution in [0.1, 0.15) is 30.6 Å². The van der Waals surface area contributed by atoms with Crippen molar-refractivity contribution in [3.8, 4) is 0 Å². The van der Waals surface area contributed by atoms with Gasteiger partial charge in [-0.2, -0.15) is 0 Å². The Balaban J connectivity index is 3.44. The fourth-order valence-corrected chi connectivity index (χ4v) is 1.83. The van der Waals surface area contributed by atoms with Crippen LogP contribution in [-0.2, 0) is 0 Å². The molecule has 0 aliphatic rings. The predicted octanol–water partition coefficient (Wildman–Crippen LogP) is 2.67. The zero-order chi connectivity index (χ0) is 14.6. The molecule has 1 N–H and O–H groups in total. The van der Waals surface area contributed by atoms with E-state index in [1.165, 1.54) is 0 Å². The standard InChI is InChI=1S/C12H15FN2O4/c1-3-5-14(4-2)10-6-8(12(16)17)9(13)7-11(10)15(18)19/h6-7H,3-5H2,1-2H3,(H,16,17). The lowest BCUT2D eigenvalue weighted by Gasteiger charge is -2.22. The van der Waals surface area contributed by atoms with Gasteiger partial charge >= 0.3 is 5.97 Å². The highest BCUT2D eigenvalue weighted by molar-refractivity contribution is 5.90. The SMILES string of the molecule is CCCN(CC)c1cc(C(=O)O)c(F)cc1[N+](=O)[O-]. The number of nitro benzene ring substituents is 1. The average molecular weight is 270 g/mol. The van der Waals surface area contributed by atoms with E-state index in [-0.39, 0.29) is 5.69 Å². The largest absolute Gasteiger partial charge is 0.478 e. The minimum atomic E-state index is -1.44. The summed E-state index contributed by atoms with van der Waals surface area (Å²) in [6.45, 7) is 4.70. The lowest BCUT2D eigenvalue weighted by atomic mass is 10.1. The molecule has 1 aromatic rings. The van der Waals surface area contributed by atoms with Gasteiger partial charge in [-0.05, 0) is 19.4 Å². The Hall–Kier alpha value is -2.18. The molecule has 0 saturated carbocycles. The van der Waals surface area contributed by atoms with Crippen molar-refractivity contribution >= 4 is 17.3 Å². The molecular formula is C12H15FN2O4. The Morgan fingerprint density at radius 2 is 2.11 bits per heavy atom. The van der Waals surface area contributed by atoms with Crippen LogP contribution in [0.4, 0.5) is 15.8 Å². The van der Waals surface area contributed by atoms with Crippen LogP contribution in [0.15, 0.2) is 12.1 Å². The van der Waals surface area contributed by atoms with Crippen molar-refractivity contribution < 1.29 is 19.2 Å². The van der Waals surface area contributed by atoms with Gasteiger partial charge in [-0.3, -0.25) is 10.1 Å². The first-order valence-corrected chi connectivity index (χ1v) is 5.88. The second kappa shape index (κ2) is 6.12. The average Bonchev–Trinajstić information content (AvgIpc) is 2.35. The molecule has 0 radical (unpaired) electrons. The second-order valence-corrected chi connectivity index (χ2v) is 3.96. The molecule has 0 aromatic heterocycles. The summed E-state index contributed by atoms with van der Waals surface area (Å²) in [5.74, 6) is -2.54. The molecule has 6 nitrogen and oxygen atoms in total. The first-order chi connectivity index (χ1) is 8.92. The highest BCUT2D eigenvalue weighted by Gasteiger charge is 2.24. The van der Waals surface area contributed by atoms with Crippen LogP contribution >= 0.6 is 0 Å². The molecule has 0 unspecified atom stereocenters. The molecule has 0 spiro atoms. The van der Waals surface area contributed by atoms with Crippen LogP contribution in [0, 0.1) is 15.9 Å². The topological polar surface area (TPSA) is 83.7 Å². The molecule has 0 fully saturated rings. The molecule has 1 rings (SSSR count). The summed E-state index contributed by atoms with van der Waals surface area (Å²) in [7, 11) is 0. The zero-order valence-corrected chi connectivity index (χ0v) is 10.7. The number of hydrogen-bond donors (Lipinski definition) is 1. The molecule has 0 saturated heterocycles. The van der Waals surface area contributed by atoms with Crippen LogP contribution in [0.25, 0.3) is 0 Å². The lowest BCUT2D eigenvalue weighted by molar-refractivity contribution is -0.384. The van der Waals surface area contributed by atoms with Gasteiger partial charge in [0.1, 0.15) is 11.5 Å². The highest BCUT2D eigenvalue weighted by atomic mass is 19.1. The number of aromatic carboxylic acids is 1. The molecule has 104 valence electrons. The summed E-state index contributed by atoms with van der Waals surface area (Å²) in [6.07, 6.45) is 0.741. The number of nitrogens with zero attached hydrogens (tertiary/aromatic N) is 2. The molecule has 0 aliphatic heterocycles. The van der Waals surface area contributed by atoms with E-state index in [2.05, 4.69) is 0 Å². The number of rotatable bonds is 6. The van der Waals surface area contributed by atoms with E-state index >= 15 is 0 Å². The fraction of sp³-hybridized carbons (Fsp3) is 0.417. The van der Waals surface area contributed by atoms with Crippen molar-refractivity contribution in [2.45, 2.75) is 20.3 Å². The maximum atomic E-state index is 13.5. The first kappa shape index (κ1) is 14.9. The van der Waals surface area contributed by atoms with E-state index < -0.39 is 28.0 Å². The maximum absolute atomic E-state index is 13.5. The minimum Gasteiger partial charge on any atom is -0.478 e. The summed E-state index contributed by atoms with van der Waals surface area (Å²) in [4.78, 5) is 22.8. The Morgan fingerprint density at radius 3 is 2.53 bits per heavy atom. The maximum Gasteiger partial charge on any atom is 0.338 e. The van der Waals surface area contributed by atoms with Crippen molar-refractivity contribution in [2.75, 3.05) is 18.0 Å². The summed E-state index contributed by atoms with van der Waals surface area (Å²) in [6, 6.07) is 1.69. The first-order valence-electron chi connectivity index (χ1n) is 5.88. The zero-order valence-electron chi connectivity index (χ0n) is 10.7. The van der Waals surface area contributed by atoms with E-state index in [1.807, 2.05) is 6.92 Å². The number of carboxylic acids is 1. The van der Waals surface area contributed by atoms with Gasteiger partial charge in [0.05, 0.1) is 16.6 Å². The molecule has 0 heterocycles. The number of carboxylic acid groups (broad SMARTS) is 1. The van der Waals surface area contributed by atoms with Gasteiger partial charge < -0.3 is 10.0 Å². The molecular weight excluding hydrogens is 255 g/mol. The monoisotopic (exact) mass is 270 g/mol. The van der Waals surface area contributed by atoms with Gasteiger partial charge in [0.25, 0.3) is 5.69 Å². The number of anilines is 1. The van der Waals surface area contributed by atoms with Crippen molar-refractivity contribution in [3.05, 3.63) is 33.6 Å². The van der Waals surface area contributed by atoms with Crippen LogP contribution in [-0.4, -0.2) is 29.1 Å². The summed E-state index contributed by atoms with van der Waals surface area (Å²) >= 11 is 0. The van der Waals surface area contributed by atoms with Crippen molar-refractivity contribution in [3.63, 3.8) is 0 Å². The van der Waals surface area contributed by atoms with E-state index in [1.54, 1.807) is 11.8 Å². The summed E-state index contributed by atoms with van der Waals surface area (Å²) in [5.41, 5.74) is -0.846. The smallest absolute Gasteiger partial charge is 0.338 e. The molecule has 19 heavy (non-hydrogen) atoms. The van der Waals surface area contributed by atoms with Crippen LogP contribution in [0.3, 0.4) is 0 Å². The summed E-state index contributed by atoms with van der Waals surface area (Å²) in [5, 5.41) is 19.8. The molecule has 1 aromatic carbocycles. The Morgan fingerprint density at radius 1 is 1.47 bits per heavy atom. The number of carbonyl (C=O) groups is 1. The molecule has 7 heteroatoms. The number of hydrogen-bond acceptors (Lipinski definition) is 4. The van der Waals surface area contributed by atoms with Crippen LogP contribution < -0.4 is 4.90 Å². The van der Waals surface area contributed by atoms with Gasteiger partial charge in [-0.25, -0.2) is 9.18 Å². The quantitative estimate of drug-likeness (QED) is 0.634. The van der Waals surface area contributed by atoms with Crippen LogP contribution in [0.5, 0.6) is 0 Å².